The molecule has 0 saturated carbocycles. The largest absolute Gasteiger partial charge is 0.378 e. The number of hydrogen-bond acceptors (Lipinski definition) is 6. The minimum absolute atomic E-state index is 0.793. The summed E-state index contributed by atoms with van der Waals surface area (Å²) in [5.74, 6) is 0. The van der Waals surface area contributed by atoms with Gasteiger partial charge in [-0.15, -0.1) is 11.3 Å². The SMILES string of the molecule is CCCCCc1cc2nc3ccc(N4CCOCC4)cc3sc-2c(N(C)C)c1=[N+]1CCOCC1. The van der Waals surface area contributed by atoms with Crippen LogP contribution in [0.2, 0.25) is 0 Å². The van der Waals surface area contributed by atoms with Crippen LogP contribution >= 0.6 is 11.3 Å². The van der Waals surface area contributed by atoms with Gasteiger partial charge in [-0.3, -0.25) is 0 Å². The maximum atomic E-state index is 5.70. The third kappa shape index (κ3) is 4.79. The second kappa shape index (κ2) is 10.6. The van der Waals surface area contributed by atoms with Crippen molar-refractivity contribution >= 4 is 32.9 Å². The fraction of sp³-hybridized carbons (Fsp3) is 0.556. The van der Waals surface area contributed by atoms with Crippen molar-refractivity contribution in [1.82, 2.24) is 9.56 Å². The minimum Gasteiger partial charge on any atom is -0.378 e. The van der Waals surface area contributed by atoms with E-state index in [1.54, 1.807) is 0 Å². The van der Waals surface area contributed by atoms with E-state index in [-0.39, 0.29) is 0 Å². The molecule has 1 aromatic carbocycles. The van der Waals surface area contributed by atoms with E-state index in [9.17, 15) is 0 Å². The van der Waals surface area contributed by atoms with Gasteiger partial charge in [-0.2, -0.15) is 0 Å². The lowest BCUT2D eigenvalue weighted by molar-refractivity contribution is 0.0965. The van der Waals surface area contributed by atoms with Gasteiger partial charge < -0.3 is 19.3 Å². The number of fused-ring (bicyclic) bond motifs is 2. The summed E-state index contributed by atoms with van der Waals surface area (Å²) in [6.07, 6.45) is 4.80. The highest BCUT2D eigenvalue weighted by atomic mass is 32.1. The Morgan fingerprint density at radius 1 is 1.03 bits per heavy atom. The van der Waals surface area contributed by atoms with E-state index in [4.69, 9.17) is 14.5 Å². The molecule has 3 aliphatic heterocycles. The van der Waals surface area contributed by atoms with Gasteiger partial charge in [0, 0.05) is 38.4 Å². The quantitative estimate of drug-likeness (QED) is 0.304. The molecule has 1 aromatic rings. The van der Waals surface area contributed by atoms with Crippen LogP contribution in [0.5, 0.6) is 0 Å². The predicted octanol–water partition coefficient (Wildman–Crippen LogP) is 3.84. The maximum absolute atomic E-state index is 5.70. The zero-order valence-electron chi connectivity index (χ0n) is 20.8. The van der Waals surface area contributed by atoms with Crippen molar-refractivity contribution in [1.29, 1.82) is 0 Å². The molecule has 3 heterocycles. The molecule has 2 saturated heterocycles. The first-order valence-electron chi connectivity index (χ1n) is 12.7. The summed E-state index contributed by atoms with van der Waals surface area (Å²) in [5.41, 5.74) is 6.20. The fourth-order valence-corrected chi connectivity index (χ4v) is 6.31. The summed E-state index contributed by atoms with van der Waals surface area (Å²) in [4.78, 5) is 11.2. The number of morpholine rings is 2. The smallest absolute Gasteiger partial charge is 0.228 e. The maximum Gasteiger partial charge on any atom is 0.228 e. The zero-order valence-corrected chi connectivity index (χ0v) is 21.6. The Labute approximate surface area is 206 Å². The Morgan fingerprint density at radius 3 is 2.53 bits per heavy atom. The Balaban J connectivity index is 1.71. The van der Waals surface area contributed by atoms with E-state index in [0.717, 1.165) is 70.2 Å². The molecule has 6 nitrogen and oxygen atoms in total. The highest BCUT2D eigenvalue weighted by Gasteiger charge is 2.26. The summed E-state index contributed by atoms with van der Waals surface area (Å²) >= 11 is 1.88. The number of benzene rings is 2. The second-order valence-electron chi connectivity index (χ2n) is 9.50. The van der Waals surface area contributed by atoms with Crippen molar-refractivity contribution in [3.8, 4) is 10.6 Å². The van der Waals surface area contributed by atoms with Crippen LogP contribution in [0.15, 0.2) is 24.3 Å². The lowest BCUT2D eigenvalue weighted by Gasteiger charge is -2.29. The van der Waals surface area contributed by atoms with Gasteiger partial charge in [0.2, 0.25) is 5.36 Å². The molecule has 0 radical (unpaired) electrons. The summed E-state index contributed by atoms with van der Waals surface area (Å²) in [7, 11) is 4.35. The molecule has 1 aliphatic carbocycles. The highest BCUT2D eigenvalue weighted by Crippen LogP contribution is 2.38. The molecule has 0 amide bonds. The standard InChI is InChI=1S/C27H37N4O2S/c1-4-5-6-7-20-18-23-27(26(29(2)3)25(20)31-12-16-33-17-13-31)34-24-19-21(8-9-22(24)28-23)30-10-14-32-15-11-30/h8-9,18-19H,4-7,10-17H2,1-3H3/q+1. The van der Waals surface area contributed by atoms with Gasteiger partial charge in [0.25, 0.3) is 0 Å². The van der Waals surface area contributed by atoms with Crippen LogP contribution in [0.1, 0.15) is 31.7 Å². The summed E-state index contributed by atoms with van der Waals surface area (Å²) in [6.45, 7) is 9.24. The molecule has 0 N–H and O–H groups in total. The van der Waals surface area contributed by atoms with Crippen molar-refractivity contribution in [2.45, 2.75) is 32.6 Å². The molecule has 0 unspecified atom stereocenters. The van der Waals surface area contributed by atoms with Gasteiger partial charge >= 0.3 is 0 Å². The average molecular weight is 482 g/mol. The van der Waals surface area contributed by atoms with Crippen molar-refractivity contribution < 1.29 is 9.47 Å². The first-order valence-corrected chi connectivity index (χ1v) is 13.5. The summed E-state index contributed by atoms with van der Waals surface area (Å²) < 4.78 is 15.0. The van der Waals surface area contributed by atoms with Gasteiger partial charge in [-0.05, 0) is 37.1 Å². The lowest BCUT2D eigenvalue weighted by atomic mass is 10.0. The number of ether oxygens (including phenoxy) is 2. The van der Waals surface area contributed by atoms with Crippen LogP contribution in [0.25, 0.3) is 20.8 Å². The number of aromatic nitrogens is 1. The highest BCUT2D eigenvalue weighted by molar-refractivity contribution is 7.22. The molecule has 0 aromatic heterocycles. The van der Waals surface area contributed by atoms with E-state index >= 15 is 0 Å². The van der Waals surface area contributed by atoms with Crippen LogP contribution in [0.3, 0.4) is 0 Å². The normalized spacial score (nSPS) is 17.0. The van der Waals surface area contributed by atoms with Crippen molar-refractivity contribution in [3.05, 3.63) is 35.2 Å². The average Bonchev–Trinajstić information content (AvgIpc) is 2.87. The number of hydrogen-bond donors (Lipinski definition) is 0. The van der Waals surface area contributed by atoms with Crippen LogP contribution in [-0.4, -0.2) is 71.7 Å². The molecule has 0 bridgehead atoms. The van der Waals surface area contributed by atoms with Crippen LogP contribution in [0.4, 0.5) is 11.4 Å². The number of anilines is 2. The second-order valence-corrected chi connectivity index (χ2v) is 10.5. The van der Waals surface area contributed by atoms with E-state index < -0.39 is 0 Å². The van der Waals surface area contributed by atoms with Crippen LogP contribution < -0.4 is 19.7 Å². The number of rotatable bonds is 6. The first kappa shape index (κ1) is 23.5. The predicted molar refractivity (Wildman–Crippen MR) is 143 cm³/mol. The molecule has 5 rings (SSSR count). The van der Waals surface area contributed by atoms with Gasteiger partial charge in [0.15, 0.2) is 13.1 Å². The fourth-order valence-electron chi connectivity index (χ4n) is 5.11. The monoisotopic (exact) mass is 481 g/mol. The lowest BCUT2D eigenvalue weighted by Crippen LogP contribution is -2.43. The Kier molecular flexibility index (Phi) is 7.32. The van der Waals surface area contributed by atoms with E-state index in [2.05, 4.69) is 59.7 Å². The minimum atomic E-state index is 0.793. The van der Waals surface area contributed by atoms with Gasteiger partial charge in [-0.1, -0.05) is 19.8 Å². The molecule has 0 atom stereocenters. The van der Waals surface area contributed by atoms with Crippen LogP contribution in [0, 0.1) is 0 Å². The molecule has 182 valence electrons. The third-order valence-corrected chi connectivity index (χ3v) is 8.04. The van der Waals surface area contributed by atoms with Crippen LogP contribution in [-0.2, 0) is 15.9 Å². The Hall–Kier alpha value is -2.22. The van der Waals surface area contributed by atoms with Gasteiger partial charge in [-0.25, -0.2) is 9.56 Å². The molecule has 34 heavy (non-hydrogen) atoms. The number of aryl methyl sites for hydroxylation is 1. The molecule has 4 aliphatic rings. The summed E-state index contributed by atoms with van der Waals surface area (Å²) in [6, 6.07) is 9.10. The number of nitrogens with zero attached hydrogens (tertiary/aromatic N) is 4. The molecule has 2 fully saturated rings. The Morgan fingerprint density at radius 2 is 1.79 bits per heavy atom. The third-order valence-electron chi connectivity index (χ3n) is 6.88. The molecule has 7 heteroatoms. The first-order chi connectivity index (χ1) is 16.7. The van der Waals surface area contributed by atoms with E-state index in [1.807, 2.05) is 11.3 Å². The molecular formula is C27H37N4O2S+. The molecule has 0 spiro atoms. The van der Waals surface area contributed by atoms with E-state index in [0.29, 0.717) is 0 Å². The van der Waals surface area contributed by atoms with Gasteiger partial charge in [0.1, 0.15) is 18.9 Å². The Bertz CT molecular complexity index is 1180. The summed E-state index contributed by atoms with van der Waals surface area (Å²) in [5, 5.41) is 1.39. The van der Waals surface area contributed by atoms with Gasteiger partial charge in [0.05, 0.1) is 34.0 Å². The van der Waals surface area contributed by atoms with Crippen molar-refractivity contribution in [3.63, 3.8) is 0 Å². The van der Waals surface area contributed by atoms with E-state index in [1.165, 1.54) is 51.1 Å². The number of unbranched alkanes of at least 4 members (excludes halogenated alkanes) is 2. The van der Waals surface area contributed by atoms with Crippen molar-refractivity contribution in [2.75, 3.05) is 76.5 Å². The molecular weight excluding hydrogens is 444 g/mol. The van der Waals surface area contributed by atoms with Crippen molar-refractivity contribution in [2.24, 2.45) is 0 Å². The zero-order chi connectivity index (χ0) is 23.5. The topological polar surface area (TPSA) is 40.8 Å².